The summed E-state index contributed by atoms with van der Waals surface area (Å²) in [5, 5.41) is 52.6. The van der Waals surface area contributed by atoms with Crippen LogP contribution in [0.4, 0.5) is 0 Å². The molecule has 0 saturated carbocycles. The van der Waals surface area contributed by atoms with Gasteiger partial charge >= 0.3 is 0 Å². The minimum atomic E-state index is 0.506. The highest BCUT2D eigenvalue weighted by Gasteiger charge is 2.22. The van der Waals surface area contributed by atoms with E-state index in [4.69, 9.17) is 0 Å². The van der Waals surface area contributed by atoms with Gasteiger partial charge in [-0.05, 0) is 233 Å². The van der Waals surface area contributed by atoms with Crippen LogP contribution >= 0.6 is 0 Å². The molecule has 0 bridgehead atoms. The Morgan fingerprint density at radius 2 is 0.256 bits per heavy atom. The van der Waals surface area contributed by atoms with Crippen molar-refractivity contribution in [3.05, 3.63) is 135 Å². The number of nitrogens with zero attached hydrogens (tertiary/aromatic N) is 18. The predicted molar refractivity (Wildman–Crippen MR) is 306 cm³/mol. The molecule has 9 heterocycles. The van der Waals surface area contributed by atoms with Gasteiger partial charge in [0.2, 0.25) is 34.9 Å². The third-order valence-electron chi connectivity index (χ3n) is 15.8. The van der Waals surface area contributed by atoms with Gasteiger partial charge in [-0.15, -0.1) is 61.2 Å². The van der Waals surface area contributed by atoms with Gasteiger partial charge in [-0.3, -0.25) is 29.9 Å². The predicted octanol–water partition coefficient (Wildman–Crippen LogP) is 11.6. The van der Waals surface area contributed by atoms with Crippen molar-refractivity contribution in [3.63, 3.8) is 0 Å². The van der Waals surface area contributed by atoms with Crippen molar-refractivity contribution in [2.24, 2.45) is 0 Å². The van der Waals surface area contributed by atoms with Crippen LogP contribution in [0.1, 0.15) is 135 Å². The van der Waals surface area contributed by atoms with E-state index in [-0.39, 0.29) is 0 Å². The van der Waals surface area contributed by atoms with Crippen LogP contribution in [-0.2, 0) is 0 Å². The van der Waals surface area contributed by atoms with Gasteiger partial charge in [0, 0.05) is 102 Å². The maximum absolute atomic E-state index is 4.59. The van der Waals surface area contributed by atoms with Crippen molar-refractivity contribution in [1.29, 1.82) is 0 Å². The zero-order chi connectivity index (χ0) is 57.5. The van der Waals surface area contributed by atoms with E-state index < -0.39 is 0 Å². The molecule has 9 aromatic heterocycles. The van der Waals surface area contributed by atoms with E-state index in [2.05, 4.69) is 119 Å². The Morgan fingerprint density at radius 3 is 0.423 bits per heavy atom. The third-order valence-corrected chi connectivity index (χ3v) is 15.8. The normalized spacial score (nSPS) is 11.1. The lowest BCUT2D eigenvalue weighted by Gasteiger charge is -2.14. The lowest BCUT2D eigenvalue weighted by atomic mass is 10.00. The van der Waals surface area contributed by atoms with Crippen molar-refractivity contribution in [3.8, 4) is 68.3 Å². The van der Waals surface area contributed by atoms with Crippen LogP contribution in [0, 0.1) is 166 Å². The van der Waals surface area contributed by atoms with E-state index in [1.807, 2.05) is 138 Å². The molecule has 0 aliphatic carbocycles. The maximum atomic E-state index is 4.59. The molecule has 0 spiro atoms. The fourth-order valence-corrected chi connectivity index (χ4v) is 9.78. The van der Waals surface area contributed by atoms with E-state index in [1.165, 1.54) is 0 Å². The molecule has 18 nitrogen and oxygen atoms in total. The summed E-state index contributed by atoms with van der Waals surface area (Å²) in [6.07, 6.45) is 0. The number of aryl methyl sites for hydroxylation is 12. The first-order valence-corrected chi connectivity index (χ1v) is 26.1. The van der Waals surface area contributed by atoms with E-state index in [0.717, 1.165) is 168 Å². The van der Waals surface area contributed by atoms with E-state index >= 15 is 0 Å². The molecule has 0 fully saturated rings. The zero-order valence-corrected chi connectivity index (χ0v) is 50.0. The first-order chi connectivity index (χ1) is 36.7. The quantitative estimate of drug-likeness (QED) is 0.151. The largest absolute Gasteiger partial charge is 0.258 e. The van der Waals surface area contributed by atoms with Crippen LogP contribution in [0.15, 0.2) is 0 Å². The number of hydrogen-bond acceptors (Lipinski definition) is 18. The molecule has 0 saturated heterocycles. The van der Waals surface area contributed by atoms with Gasteiger partial charge in [0.1, 0.15) is 0 Å². The molecule has 9 rings (SSSR count). The van der Waals surface area contributed by atoms with Gasteiger partial charge in [0.05, 0.1) is 0 Å². The lowest BCUT2D eigenvalue weighted by Crippen LogP contribution is -2.07. The topological polar surface area (TPSA) is 232 Å². The summed E-state index contributed by atoms with van der Waals surface area (Å²) in [6, 6.07) is 0. The van der Waals surface area contributed by atoms with Crippen LogP contribution in [0.3, 0.4) is 0 Å². The highest BCUT2D eigenvalue weighted by Crippen LogP contribution is 2.33. The Balaban J connectivity index is 0.000000170. The summed E-state index contributed by atoms with van der Waals surface area (Å²) >= 11 is 0. The van der Waals surface area contributed by atoms with Gasteiger partial charge in [-0.2, -0.15) is 0 Å². The Bertz CT molecular complexity index is 3290. The minimum absolute atomic E-state index is 0.506. The molecule has 0 atom stereocenters. The van der Waals surface area contributed by atoms with E-state index in [1.54, 1.807) is 0 Å². The SMILES string of the molecule is Cc1nc(C)c(-c2nnc(-c3c(C)nc(C)c(C)c3C)nn2)c(C)c1C.Cc1nc(C)c(C)c(-c2nnc(-c3c(C)c(C)nc(C)c3C)nn2)c1C.Cc1nc(C)c(C)c(-c2nnc(-c3c(C)c(C)nc(C)c3C)nn2)c1C. The van der Waals surface area contributed by atoms with Gasteiger partial charge in [-0.1, -0.05) is 0 Å². The third kappa shape index (κ3) is 11.0. The molecule has 0 radical (unpaired) electrons. The van der Waals surface area contributed by atoms with Crippen LogP contribution in [0.5, 0.6) is 0 Å². The van der Waals surface area contributed by atoms with Crippen molar-refractivity contribution in [2.75, 3.05) is 0 Å². The molecule has 0 aliphatic rings. The van der Waals surface area contributed by atoms with Crippen LogP contribution in [0.2, 0.25) is 0 Å². The zero-order valence-electron chi connectivity index (χ0n) is 50.0. The molecule has 0 unspecified atom stereocenters. The summed E-state index contributed by atoms with van der Waals surface area (Å²) in [5.74, 6) is 3.16. The summed E-state index contributed by atoms with van der Waals surface area (Å²) in [6.45, 7) is 48.4. The van der Waals surface area contributed by atoms with Crippen LogP contribution in [0.25, 0.3) is 68.3 Å². The molecule has 0 N–H and O–H groups in total. The Labute approximate surface area is 458 Å². The van der Waals surface area contributed by atoms with Crippen molar-refractivity contribution >= 4 is 0 Å². The highest BCUT2D eigenvalue weighted by atomic mass is 15.3. The average Bonchev–Trinajstić information content (AvgIpc) is 3.41. The van der Waals surface area contributed by atoms with Gasteiger partial charge in [0.25, 0.3) is 0 Å². The molecular weight excluding hydrogens is 973 g/mol. The second-order valence-corrected chi connectivity index (χ2v) is 20.6. The van der Waals surface area contributed by atoms with Gasteiger partial charge in [-0.25, -0.2) is 0 Å². The number of rotatable bonds is 6. The van der Waals surface area contributed by atoms with Gasteiger partial charge < -0.3 is 0 Å². The molecule has 0 aliphatic heterocycles. The minimum Gasteiger partial charge on any atom is -0.258 e. The second kappa shape index (κ2) is 22.7. The summed E-state index contributed by atoms with van der Waals surface area (Å²) < 4.78 is 0. The molecule has 402 valence electrons. The fraction of sp³-hybridized carbons (Fsp3) is 0.400. The first-order valence-electron chi connectivity index (χ1n) is 26.1. The van der Waals surface area contributed by atoms with Crippen LogP contribution in [-0.4, -0.2) is 91.1 Å². The van der Waals surface area contributed by atoms with Gasteiger partial charge in [0.15, 0.2) is 0 Å². The lowest BCUT2D eigenvalue weighted by molar-refractivity contribution is 0.863. The smallest absolute Gasteiger partial charge is 0.205 e. The Hall–Kier alpha value is -8.28. The average molecular weight is 1050 g/mol. The number of pyridine rings is 6. The number of aromatic nitrogens is 18. The van der Waals surface area contributed by atoms with Crippen molar-refractivity contribution in [1.82, 2.24) is 91.1 Å². The first kappa shape index (κ1) is 57.4. The molecular formula is C60H72N18. The molecule has 9 aromatic rings. The molecule has 18 heteroatoms. The number of hydrogen-bond donors (Lipinski definition) is 0. The van der Waals surface area contributed by atoms with Crippen molar-refractivity contribution in [2.45, 2.75) is 166 Å². The van der Waals surface area contributed by atoms with E-state index in [0.29, 0.717) is 34.9 Å². The van der Waals surface area contributed by atoms with Crippen molar-refractivity contribution < 1.29 is 0 Å². The second-order valence-electron chi connectivity index (χ2n) is 20.6. The Morgan fingerprint density at radius 1 is 0.128 bits per heavy atom. The molecule has 0 aromatic carbocycles. The molecule has 78 heavy (non-hydrogen) atoms. The standard InChI is InChI=1S/3C20H24N6/c2*1-9-13(5)21-14(6)10(2)17(9)19-23-25-20(26-24-19)18-11(3)15(7)22-16(8)12(18)4;1-9-11(3)17(15(7)21-13(9)5)19-23-25-20(26-24-19)18-12(4)10(2)14(6)22-16(18)8/h3*1-8H3. The summed E-state index contributed by atoms with van der Waals surface area (Å²) in [4.78, 5) is 27.4. The van der Waals surface area contributed by atoms with Crippen LogP contribution < -0.4 is 0 Å². The summed E-state index contributed by atoms with van der Waals surface area (Å²) in [7, 11) is 0. The molecule has 0 amide bonds. The van der Waals surface area contributed by atoms with E-state index in [9.17, 15) is 0 Å². The fourth-order valence-electron chi connectivity index (χ4n) is 9.78. The highest BCUT2D eigenvalue weighted by molar-refractivity contribution is 5.71. The summed E-state index contributed by atoms with van der Waals surface area (Å²) in [5.41, 5.74) is 30.3. The maximum Gasteiger partial charge on any atom is 0.205 e. The monoisotopic (exact) mass is 1040 g/mol. The Kier molecular flexibility index (Phi) is 16.7.